The third-order valence-electron chi connectivity index (χ3n) is 3.55. The second-order valence-electron chi connectivity index (χ2n) is 5.31. The van der Waals surface area contributed by atoms with E-state index in [1.165, 1.54) is 0 Å². The van der Waals surface area contributed by atoms with Crippen molar-refractivity contribution in [2.45, 2.75) is 75.8 Å². The molecule has 0 aromatic heterocycles. The summed E-state index contributed by atoms with van der Waals surface area (Å²) in [6, 6.07) is 0. The lowest BCUT2D eigenvalue weighted by molar-refractivity contribution is -0.166. The monoisotopic (exact) mass is 292 g/mol. The third kappa shape index (κ3) is 6.28. The molecule has 0 saturated heterocycles. The minimum absolute atomic E-state index is 0.0129. The molecule has 0 heterocycles. The van der Waals surface area contributed by atoms with Crippen LogP contribution in [0.1, 0.15) is 51.9 Å². The van der Waals surface area contributed by atoms with Gasteiger partial charge in [0, 0.05) is 0 Å². The average Bonchev–Trinajstić information content (AvgIpc) is 2.48. The number of carbonyl (C=O) groups is 1. The number of aldehydes is 1. The van der Waals surface area contributed by atoms with Gasteiger partial charge in [0.1, 0.15) is 23.9 Å². The lowest BCUT2D eigenvalue weighted by Crippen LogP contribution is -2.54. The third-order valence-corrected chi connectivity index (χ3v) is 3.55. The van der Waals surface area contributed by atoms with Crippen molar-refractivity contribution in [1.29, 1.82) is 0 Å². The number of unbranched alkanes of at least 4 members (excludes halogenated alkanes) is 5. The number of rotatable bonds is 12. The van der Waals surface area contributed by atoms with Crippen molar-refractivity contribution in [1.82, 2.24) is 0 Å². The Bertz CT molecular complexity index is 260. The molecular formula is C14H28O6. The van der Waals surface area contributed by atoms with Crippen LogP contribution in [0.25, 0.3) is 0 Å². The first kappa shape index (κ1) is 19.5. The van der Waals surface area contributed by atoms with Gasteiger partial charge >= 0.3 is 0 Å². The molecule has 0 aromatic carbocycles. The molecule has 0 aromatic rings. The maximum absolute atomic E-state index is 11.0. The fourth-order valence-corrected chi connectivity index (χ4v) is 2.08. The van der Waals surface area contributed by atoms with Crippen molar-refractivity contribution in [3.63, 3.8) is 0 Å². The van der Waals surface area contributed by atoms with Crippen LogP contribution in [0, 0.1) is 0 Å². The van der Waals surface area contributed by atoms with Crippen molar-refractivity contribution in [2.75, 3.05) is 6.61 Å². The average molecular weight is 292 g/mol. The smallest absolute Gasteiger partial charge is 0.154 e. The Labute approximate surface area is 120 Å². The Hall–Kier alpha value is -0.530. The van der Waals surface area contributed by atoms with Crippen molar-refractivity contribution >= 4 is 6.29 Å². The van der Waals surface area contributed by atoms with Crippen molar-refractivity contribution in [3.8, 4) is 0 Å². The minimum atomic E-state index is -2.10. The van der Waals surface area contributed by atoms with Gasteiger partial charge in [-0.1, -0.05) is 45.4 Å². The summed E-state index contributed by atoms with van der Waals surface area (Å²) in [6.07, 6.45) is 0.722. The topological polar surface area (TPSA) is 118 Å². The SMILES string of the molecule is CCCCCCCC[C@](O)(C=O)[C@@H](O)[C@H](O)[C@H](O)CO. The second kappa shape index (κ2) is 10.2. The van der Waals surface area contributed by atoms with Gasteiger partial charge in [0.15, 0.2) is 6.29 Å². The number of hydrogen-bond donors (Lipinski definition) is 5. The molecule has 6 heteroatoms. The lowest BCUT2D eigenvalue weighted by Gasteiger charge is -2.32. The zero-order valence-electron chi connectivity index (χ0n) is 12.1. The number of aliphatic hydroxyl groups excluding tert-OH is 4. The van der Waals surface area contributed by atoms with Crippen LogP contribution in [0.4, 0.5) is 0 Å². The molecule has 0 aliphatic carbocycles. The number of carbonyl (C=O) groups excluding carboxylic acids is 1. The van der Waals surface area contributed by atoms with Crippen molar-refractivity contribution in [2.24, 2.45) is 0 Å². The Morgan fingerprint density at radius 3 is 2.10 bits per heavy atom. The molecule has 0 bridgehead atoms. The van der Waals surface area contributed by atoms with E-state index in [9.17, 15) is 25.2 Å². The van der Waals surface area contributed by atoms with Gasteiger partial charge in [0.25, 0.3) is 0 Å². The highest BCUT2D eigenvalue weighted by atomic mass is 16.4. The molecule has 0 fully saturated rings. The van der Waals surface area contributed by atoms with Gasteiger partial charge in [-0.15, -0.1) is 0 Å². The van der Waals surface area contributed by atoms with Crippen LogP contribution in [0.15, 0.2) is 0 Å². The van der Waals surface area contributed by atoms with E-state index in [1.54, 1.807) is 0 Å². The largest absolute Gasteiger partial charge is 0.394 e. The predicted molar refractivity (Wildman–Crippen MR) is 74.1 cm³/mol. The van der Waals surface area contributed by atoms with E-state index in [1.807, 2.05) is 0 Å². The zero-order valence-corrected chi connectivity index (χ0v) is 12.1. The predicted octanol–water partition coefficient (Wildman–Crippen LogP) is -0.258. The van der Waals surface area contributed by atoms with E-state index < -0.39 is 30.5 Å². The van der Waals surface area contributed by atoms with Crippen LogP contribution in [-0.4, -0.2) is 62.3 Å². The maximum atomic E-state index is 11.0. The molecule has 4 atom stereocenters. The summed E-state index contributed by atoms with van der Waals surface area (Å²) in [7, 11) is 0. The minimum Gasteiger partial charge on any atom is -0.394 e. The summed E-state index contributed by atoms with van der Waals surface area (Å²) in [5.74, 6) is 0. The molecule has 0 rings (SSSR count). The summed E-state index contributed by atoms with van der Waals surface area (Å²) >= 11 is 0. The normalized spacial score (nSPS) is 19.1. The molecular weight excluding hydrogens is 264 g/mol. The van der Waals surface area contributed by atoms with Crippen LogP contribution in [0.2, 0.25) is 0 Å². The first-order chi connectivity index (χ1) is 9.42. The summed E-state index contributed by atoms with van der Waals surface area (Å²) in [4.78, 5) is 11.0. The van der Waals surface area contributed by atoms with Gasteiger partial charge in [-0.05, 0) is 6.42 Å². The van der Waals surface area contributed by atoms with Gasteiger partial charge in [-0.25, -0.2) is 0 Å². The lowest BCUT2D eigenvalue weighted by atomic mass is 9.86. The summed E-state index contributed by atoms with van der Waals surface area (Å²) in [5, 5.41) is 47.3. The van der Waals surface area contributed by atoms with Gasteiger partial charge in [0.2, 0.25) is 0 Å². The van der Waals surface area contributed by atoms with Gasteiger partial charge in [-0.3, -0.25) is 0 Å². The zero-order chi connectivity index (χ0) is 15.6. The summed E-state index contributed by atoms with van der Waals surface area (Å²) < 4.78 is 0. The first-order valence-electron chi connectivity index (χ1n) is 7.26. The van der Waals surface area contributed by atoms with E-state index in [2.05, 4.69) is 6.92 Å². The Morgan fingerprint density at radius 1 is 1.05 bits per heavy atom. The fourth-order valence-electron chi connectivity index (χ4n) is 2.08. The standard InChI is InChI=1S/C14H28O6/c1-2-3-4-5-6-7-8-14(20,10-16)13(19)12(18)11(17)9-15/h10-13,15,17-20H,2-9H2,1H3/t11-,12-,13+,14+/m1/s1. The van der Waals surface area contributed by atoms with E-state index in [-0.39, 0.29) is 12.7 Å². The molecule has 0 aliphatic rings. The van der Waals surface area contributed by atoms with Gasteiger partial charge in [0.05, 0.1) is 6.61 Å². The highest BCUT2D eigenvalue weighted by Crippen LogP contribution is 2.21. The molecule has 0 saturated carbocycles. The summed E-state index contributed by atoms with van der Waals surface area (Å²) in [6.45, 7) is 1.35. The van der Waals surface area contributed by atoms with Crippen LogP contribution < -0.4 is 0 Å². The van der Waals surface area contributed by atoms with E-state index >= 15 is 0 Å². The summed E-state index contributed by atoms with van der Waals surface area (Å²) in [5.41, 5.74) is -2.10. The molecule has 6 nitrogen and oxygen atoms in total. The van der Waals surface area contributed by atoms with Gasteiger partial charge < -0.3 is 30.3 Å². The Kier molecular flexibility index (Phi) is 9.96. The maximum Gasteiger partial charge on any atom is 0.154 e. The molecule has 0 aliphatic heterocycles. The van der Waals surface area contributed by atoms with E-state index in [0.717, 1.165) is 32.1 Å². The molecule has 120 valence electrons. The van der Waals surface area contributed by atoms with Crippen LogP contribution in [0.5, 0.6) is 0 Å². The highest BCUT2D eigenvalue weighted by Gasteiger charge is 2.41. The van der Waals surface area contributed by atoms with E-state index in [0.29, 0.717) is 6.42 Å². The number of hydrogen-bond acceptors (Lipinski definition) is 6. The molecule has 0 spiro atoms. The van der Waals surface area contributed by atoms with Crippen LogP contribution in [0.3, 0.4) is 0 Å². The van der Waals surface area contributed by atoms with Crippen LogP contribution >= 0.6 is 0 Å². The quantitative estimate of drug-likeness (QED) is 0.250. The molecule has 5 N–H and O–H groups in total. The van der Waals surface area contributed by atoms with Gasteiger partial charge in [-0.2, -0.15) is 0 Å². The molecule has 0 radical (unpaired) electrons. The Balaban J connectivity index is 4.27. The van der Waals surface area contributed by atoms with Crippen molar-refractivity contribution in [3.05, 3.63) is 0 Å². The first-order valence-corrected chi connectivity index (χ1v) is 7.26. The van der Waals surface area contributed by atoms with Crippen LogP contribution in [-0.2, 0) is 4.79 Å². The highest BCUT2D eigenvalue weighted by molar-refractivity contribution is 5.63. The molecule has 0 unspecified atom stereocenters. The van der Waals surface area contributed by atoms with E-state index in [4.69, 9.17) is 5.11 Å². The second-order valence-corrected chi connectivity index (χ2v) is 5.31. The van der Waals surface area contributed by atoms with Crippen molar-refractivity contribution < 1.29 is 30.3 Å². The molecule has 20 heavy (non-hydrogen) atoms. The number of aliphatic hydroxyl groups is 5. The molecule has 0 amide bonds. The fraction of sp³-hybridized carbons (Fsp3) is 0.929. The Morgan fingerprint density at radius 2 is 1.60 bits per heavy atom.